The van der Waals surface area contributed by atoms with Crippen molar-refractivity contribution in [3.05, 3.63) is 53.6 Å². The number of carbonyl (C=O) groups excluding carboxylic acids is 1. The molecular weight excluding hydrogens is 338 g/mol. The zero-order chi connectivity index (χ0) is 17.9. The van der Waals surface area contributed by atoms with Crippen molar-refractivity contribution < 1.29 is 14.3 Å². The Balaban J connectivity index is 1.61. The molecule has 2 aromatic carbocycles. The third kappa shape index (κ3) is 4.07. The summed E-state index contributed by atoms with van der Waals surface area (Å²) >= 11 is 6.10. The van der Waals surface area contributed by atoms with Crippen LogP contribution >= 0.6 is 11.6 Å². The summed E-state index contributed by atoms with van der Waals surface area (Å²) in [5.41, 5.74) is -0.137. The van der Waals surface area contributed by atoms with Crippen LogP contribution in [0.1, 0.15) is 26.7 Å². The minimum Gasteiger partial charge on any atom is -0.494 e. The number of para-hydroxylation sites is 1. The maximum Gasteiger partial charge on any atom is 0.270 e. The van der Waals surface area contributed by atoms with Gasteiger partial charge in [-0.15, -0.1) is 0 Å². The van der Waals surface area contributed by atoms with Crippen molar-refractivity contribution in [2.24, 2.45) is 0 Å². The quantitative estimate of drug-likeness (QED) is 0.701. The molecule has 0 bridgehead atoms. The van der Waals surface area contributed by atoms with Crippen LogP contribution in [0.25, 0.3) is 0 Å². The van der Waals surface area contributed by atoms with Gasteiger partial charge in [0.25, 0.3) is 5.91 Å². The number of anilines is 1. The summed E-state index contributed by atoms with van der Waals surface area (Å²) in [7, 11) is 0. The first-order valence-corrected chi connectivity index (χ1v) is 8.83. The lowest BCUT2D eigenvalue weighted by molar-refractivity contribution is -0.132. The molecule has 0 N–H and O–H groups in total. The maximum absolute atomic E-state index is 12.7. The fourth-order valence-corrected chi connectivity index (χ4v) is 3.01. The molecule has 1 amide bonds. The largest absolute Gasteiger partial charge is 0.494 e. The SMILES string of the molecule is CC1(C)Oc2ccc(Cl)cc2N(CCCCOc2ccccc2)C1=O. The van der Waals surface area contributed by atoms with Crippen LogP contribution in [0.3, 0.4) is 0 Å². The van der Waals surface area contributed by atoms with Gasteiger partial charge in [0.2, 0.25) is 0 Å². The van der Waals surface area contributed by atoms with Crippen LogP contribution in [0.4, 0.5) is 5.69 Å². The Morgan fingerprint density at radius 1 is 1.12 bits per heavy atom. The lowest BCUT2D eigenvalue weighted by Crippen LogP contribution is -2.52. The molecule has 1 aliphatic heterocycles. The number of benzene rings is 2. The summed E-state index contributed by atoms with van der Waals surface area (Å²) in [5.74, 6) is 1.50. The summed E-state index contributed by atoms with van der Waals surface area (Å²) in [6.07, 6.45) is 1.69. The van der Waals surface area contributed by atoms with Gasteiger partial charge in [0.1, 0.15) is 11.5 Å². The normalized spacial score (nSPS) is 15.5. The second-order valence-corrected chi connectivity index (χ2v) is 6.99. The molecule has 0 spiro atoms. The molecular formula is C20H22ClNO3. The van der Waals surface area contributed by atoms with Crippen molar-refractivity contribution in [1.29, 1.82) is 0 Å². The molecule has 0 aliphatic carbocycles. The molecule has 5 heteroatoms. The average Bonchev–Trinajstić information content (AvgIpc) is 2.59. The number of unbranched alkanes of at least 4 members (excludes halogenated alkanes) is 1. The number of hydrogen-bond donors (Lipinski definition) is 0. The number of carbonyl (C=O) groups is 1. The summed E-state index contributed by atoms with van der Waals surface area (Å²) in [4.78, 5) is 14.5. The van der Waals surface area contributed by atoms with Crippen LogP contribution in [0.15, 0.2) is 48.5 Å². The van der Waals surface area contributed by atoms with Crippen LogP contribution in [-0.2, 0) is 4.79 Å². The highest BCUT2D eigenvalue weighted by molar-refractivity contribution is 6.31. The molecule has 132 valence electrons. The van der Waals surface area contributed by atoms with E-state index in [-0.39, 0.29) is 5.91 Å². The monoisotopic (exact) mass is 359 g/mol. The lowest BCUT2D eigenvalue weighted by Gasteiger charge is -2.38. The summed E-state index contributed by atoms with van der Waals surface area (Å²) < 4.78 is 11.5. The first-order chi connectivity index (χ1) is 12.0. The van der Waals surface area contributed by atoms with E-state index >= 15 is 0 Å². The molecule has 0 saturated carbocycles. The molecule has 0 saturated heterocycles. The Labute approximate surface area is 153 Å². The number of amides is 1. The smallest absolute Gasteiger partial charge is 0.270 e. The van der Waals surface area contributed by atoms with Gasteiger partial charge in [-0.25, -0.2) is 0 Å². The molecule has 2 aromatic rings. The highest BCUT2D eigenvalue weighted by atomic mass is 35.5. The molecule has 3 rings (SSSR count). The average molecular weight is 360 g/mol. The Hall–Kier alpha value is -2.20. The summed E-state index contributed by atoms with van der Waals surface area (Å²) in [5, 5.41) is 0.590. The van der Waals surface area contributed by atoms with E-state index in [0.29, 0.717) is 23.9 Å². The molecule has 0 radical (unpaired) electrons. The van der Waals surface area contributed by atoms with E-state index in [4.69, 9.17) is 21.1 Å². The molecule has 0 fully saturated rings. The first-order valence-electron chi connectivity index (χ1n) is 8.46. The van der Waals surface area contributed by atoms with Crippen LogP contribution in [0.2, 0.25) is 5.02 Å². The van der Waals surface area contributed by atoms with E-state index in [2.05, 4.69) is 0 Å². The minimum absolute atomic E-state index is 0.0498. The van der Waals surface area contributed by atoms with Crippen LogP contribution in [0.5, 0.6) is 11.5 Å². The Morgan fingerprint density at radius 3 is 2.64 bits per heavy atom. The number of halogens is 1. The Morgan fingerprint density at radius 2 is 1.88 bits per heavy atom. The number of hydrogen-bond acceptors (Lipinski definition) is 3. The number of nitrogens with zero attached hydrogens (tertiary/aromatic N) is 1. The summed E-state index contributed by atoms with van der Waals surface area (Å²) in [6, 6.07) is 15.1. The number of fused-ring (bicyclic) bond motifs is 1. The third-order valence-corrected chi connectivity index (χ3v) is 4.36. The molecule has 1 aliphatic rings. The van der Waals surface area contributed by atoms with Gasteiger partial charge in [-0.05, 0) is 57.0 Å². The molecule has 25 heavy (non-hydrogen) atoms. The van der Waals surface area contributed by atoms with Gasteiger partial charge in [-0.1, -0.05) is 29.8 Å². The van der Waals surface area contributed by atoms with Gasteiger partial charge in [0.05, 0.1) is 12.3 Å². The van der Waals surface area contributed by atoms with Crippen molar-refractivity contribution >= 4 is 23.2 Å². The molecule has 0 unspecified atom stereocenters. The second-order valence-electron chi connectivity index (χ2n) is 6.55. The molecule has 1 heterocycles. The van der Waals surface area contributed by atoms with Gasteiger partial charge in [-0.3, -0.25) is 4.79 Å². The van der Waals surface area contributed by atoms with Gasteiger partial charge in [0.15, 0.2) is 5.60 Å². The van der Waals surface area contributed by atoms with E-state index in [1.165, 1.54) is 0 Å². The van der Waals surface area contributed by atoms with Gasteiger partial charge in [-0.2, -0.15) is 0 Å². The molecule has 0 aromatic heterocycles. The van der Waals surface area contributed by atoms with Crippen LogP contribution < -0.4 is 14.4 Å². The van der Waals surface area contributed by atoms with Crippen LogP contribution in [0, 0.1) is 0 Å². The van der Waals surface area contributed by atoms with Crippen molar-refractivity contribution in [3.8, 4) is 11.5 Å². The molecule has 0 atom stereocenters. The first kappa shape index (κ1) is 17.6. The van der Waals surface area contributed by atoms with Crippen molar-refractivity contribution in [2.75, 3.05) is 18.1 Å². The highest BCUT2D eigenvalue weighted by Crippen LogP contribution is 2.39. The van der Waals surface area contributed by atoms with Crippen molar-refractivity contribution in [2.45, 2.75) is 32.3 Å². The zero-order valence-electron chi connectivity index (χ0n) is 14.5. The fourth-order valence-electron chi connectivity index (χ4n) is 2.84. The van der Waals surface area contributed by atoms with Gasteiger partial charge >= 0.3 is 0 Å². The van der Waals surface area contributed by atoms with Crippen molar-refractivity contribution in [1.82, 2.24) is 0 Å². The Kier molecular flexibility index (Phi) is 5.19. The van der Waals surface area contributed by atoms with E-state index < -0.39 is 5.60 Å². The fraction of sp³-hybridized carbons (Fsp3) is 0.350. The summed E-state index contributed by atoms with van der Waals surface area (Å²) in [6.45, 7) is 4.81. The number of ether oxygens (including phenoxy) is 2. The predicted octanol–water partition coefficient (Wildman–Crippen LogP) is 4.70. The van der Waals surface area contributed by atoms with E-state index in [1.807, 2.05) is 36.4 Å². The van der Waals surface area contributed by atoms with Crippen LogP contribution in [-0.4, -0.2) is 24.7 Å². The standard InChI is InChI=1S/C20H22ClNO3/c1-20(2)19(23)22(17-14-15(21)10-11-18(17)25-20)12-6-7-13-24-16-8-4-3-5-9-16/h3-5,8-11,14H,6-7,12-13H2,1-2H3. The van der Waals surface area contributed by atoms with E-state index in [9.17, 15) is 4.79 Å². The highest BCUT2D eigenvalue weighted by Gasteiger charge is 2.40. The van der Waals surface area contributed by atoms with E-state index in [0.717, 1.165) is 24.3 Å². The molecule has 4 nitrogen and oxygen atoms in total. The maximum atomic E-state index is 12.7. The second kappa shape index (κ2) is 7.36. The predicted molar refractivity (Wildman–Crippen MR) is 99.7 cm³/mol. The van der Waals surface area contributed by atoms with E-state index in [1.54, 1.807) is 30.9 Å². The zero-order valence-corrected chi connectivity index (χ0v) is 15.3. The van der Waals surface area contributed by atoms with Gasteiger partial charge < -0.3 is 14.4 Å². The lowest BCUT2D eigenvalue weighted by atomic mass is 10.0. The number of rotatable bonds is 6. The third-order valence-electron chi connectivity index (χ3n) is 4.13. The minimum atomic E-state index is -0.874. The Bertz CT molecular complexity index is 746. The van der Waals surface area contributed by atoms with Crippen molar-refractivity contribution in [3.63, 3.8) is 0 Å². The van der Waals surface area contributed by atoms with Gasteiger partial charge in [0, 0.05) is 11.6 Å². The topological polar surface area (TPSA) is 38.8 Å².